The van der Waals surface area contributed by atoms with Crippen LogP contribution >= 0.6 is 34.8 Å². The number of anilines is 1. The average molecular weight is 615 g/mol. The maximum atomic E-state index is 13.5. The summed E-state index contributed by atoms with van der Waals surface area (Å²) in [5, 5.41) is 15.3. The van der Waals surface area contributed by atoms with Gasteiger partial charge in [-0.05, 0) is 6.42 Å². The van der Waals surface area contributed by atoms with Gasteiger partial charge in [-0.15, -0.1) is 0 Å². The third-order valence-electron chi connectivity index (χ3n) is 4.78. The van der Waals surface area contributed by atoms with E-state index >= 15 is 0 Å². The van der Waals surface area contributed by atoms with Crippen LogP contribution in [0.1, 0.15) is 19.6 Å². The number of ether oxygens (including phenoxy) is 1. The molecule has 1 aliphatic heterocycles. The molecule has 6 atom stereocenters. The second kappa shape index (κ2) is 10.8. The topological polar surface area (TPSA) is 270 Å². The minimum atomic E-state index is -6.75. The zero-order valence-corrected chi connectivity index (χ0v) is 22.0. The van der Waals surface area contributed by atoms with Gasteiger partial charge in [-0.2, -0.15) is 8.78 Å². The molecule has 1 aliphatic rings. The first kappa shape index (κ1) is 30.4. The van der Waals surface area contributed by atoms with Crippen LogP contribution in [0.15, 0.2) is 11.5 Å². The highest BCUT2D eigenvalue weighted by Crippen LogP contribution is 2.77. The van der Waals surface area contributed by atoms with E-state index in [1.54, 1.807) is 0 Å². The van der Waals surface area contributed by atoms with Gasteiger partial charge in [-0.3, -0.25) is 18.2 Å². The number of imidazole rings is 1. The Morgan fingerprint density at radius 1 is 1.19 bits per heavy atom. The molecule has 0 aliphatic carbocycles. The van der Waals surface area contributed by atoms with Crippen LogP contribution in [0.5, 0.6) is 0 Å². The van der Waals surface area contributed by atoms with Gasteiger partial charge in [0.15, 0.2) is 22.8 Å². The number of hydrogen-bond acceptors (Lipinski definition) is 13. The van der Waals surface area contributed by atoms with Gasteiger partial charge in [-0.1, -0.05) is 18.7 Å². The van der Waals surface area contributed by atoms with E-state index in [1.807, 2.05) is 6.92 Å². The van der Waals surface area contributed by atoms with Crippen LogP contribution < -0.4 is 5.73 Å². The second-order valence-corrected chi connectivity index (χ2v) is 14.0. The first-order valence-electron chi connectivity index (χ1n) is 10.0. The molecule has 23 heteroatoms. The number of aliphatic hydroxyl groups excluding tert-OH is 2. The molecule has 3 rings (SSSR count). The Bertz CT molecular complexity index is 1300. The van der Waals surface area contributed by atoms with Crippen LogP contribution in [0, 0.1) is 0 Å². The highest BCUT2D eigenvalue weighted by atomic mass is 32.2. The van der Waals surface area contributed by atoms with Crippen molar-refractivity contribution in [2.75, 3.05) is 18.1 Å². The van der Waals surface area contributed by atoms with Crippen LogP contribution in [0.3, 0.4) is 0 Å². The van der Waals surface area contributed by atoms with Crippen molar-refractivity contribution in [2.24, 2.45) is 0 Å². The van der Waals surface area contributed by atoms with E-state index in [1.165, 1.54) is 22.7 Å². The van der Waals surface area contributed by atoms with E-state index in [0.29, 0.717) is 10.9 Å². The Morgan fingerprint density at radius 3 is 2.43 bits per heavy atom. The molecule has 8 N–H and O–H groups in total. The Balaban J connectivity index is 1.76. The lowest BCUT2D eigenvalue weighted by molar-refractivity contribution is -0.0503. The molecule has 0 radical (unpaired) electrons. The lowest BCUT2D eigenvalue weighted by Crippen LogP contribution is -2.33. The normalized spacial score (nSPS) is 26.3. The summed E-state index contributed by atoms with van der Waals surface area (Å²) in [6.45, 7) is 0.773. The SMILES string of the molecule is CCCSc1nc(N)c2ncn([C@@H]3O[C@H](COP(=O)(O)OP(=O)(O)C(F)(F)P(=O)(O)O)[C@@H](O)[C@H]3O)c2n1. The summed E-state index contributed by atoms with van der Waals surface area (Å²) in [6, 6.07) is 0. The zero-order valence-electron chi connectivity index (χ0n) is 18.5. The maximum Gasteiger partial charge on any atom is 0.479 e. The van der Waals surface area contributed by atoms with Gasteiger partial charge in [0.1, 0.15) is 23.8 Å². The number of rotatable bonds is 11. The molecule has 17 nitrogen and oxygen atoms in total. The number of phosphoric ester groups is 1. The van der Waals surface area contributed by atoms with Gasteiger partial charge in [0.05, 0.1) is 12.9 Å². The molecular formula is C14H22F2N5O12P3S. The van der Waals surface area contributed by atoms with Crippen LogP contribution in [-0.4, -0.2) is 85.4 Å². The molecule has 1 saturated heterocycles. The summed E-state index contributed by atoms with van der Waals surface area (Å²) in [5.41, 5.74) is 6.16. The Kier molecular flexibility index (Phi) is 8.89. The van der Waals surface area contributed by atoms with Crippen molar-refractivity contribution in [1.82, 2.24) is 19.5 Å². The van der Waals surface area contributed by atoms with Crippen molar-refractivity contribution in [3.05, 3.63) is 6.33 Å². The molecule has 0 aromatic carbocycles. The third-order valence-corrected chi connectivity index (χ3v) is 10.9. The predicted octanol–water partition coefficient (Wildman–Crippen LogP) is 0.577. The first-order valence-corrected chi connectivity index (χ1v) is 15.7. The van der Waals surface area contributed by atoms with Crippen molar-refractivity contribution >= 4 is 51.8 Å². The largest absolute Gasteiger partial charge is 0.479 e. The summed E-state index contributed by atoms with van der Waals surface area (Å²) < 4.78 is 75.8. The molecule has 2 aromatic heterocycles. The van der Waals surface area contributed by atoms with E-state index in [9.17, 15) is 42.5 Å². The third kappa shape index (κ3) is 6.22. The highest BCUT2D eigenvalue weighted by Gasteiger charge is 2.67. The molecule has 1 fully saturated rings. The predicted molar refractivity (Wildman–Crippen MR) is 120 cm³/mol. The fourth-order valence-corrected chi connectivity index (χ4v) is 7.39. The minimum absolute atomic E-state index is 0.0224. The number of nitrogen functional groups attached to an aromatic ring is 1. The number of fused-ring (bicyclic) bond motifs is 1. The van der Waals surface area contributed by atoms with Crippen molar-refractivity contribution in [2.45, 2.75) is 48.4 Å². The second-order valence-electron chi connectivity index (χ2n) is 7.53. The summed E-state index contributed by atoms with van der Waals surface area (Å²) >= 11 is 1.29. The molecule has 0 bridgehead atoms. The summed E-state index contributed by atoms with van der Waals surface area (Å²) in [7, 11) is -19.2. The highest BCUT2D eigenvalue weighted by molar-refractivity contribution is 7.99. The van der Waals surface area contributed by atoms with Crippen LogP contribution in [0.4, 0.5) is 14.6 Å². The van der Waals surface area contributed by atoms with Gasteiger partial charge >= 0.3 is 28.4 Å². The maximum absolute atomic E-state index is 13.5. The smallest absolute Gasteiger partial charge is 0.387 e. The van der Waals surface area contributed by atoms with Crippen molar-refractivity contribution in [3.8, 4) is 0 Å². The van der Waals surface area contributed by atoms with Crippen molar-refractivity contribution in [1.29, 1.82) is 0 Å². The van der Waals surface area contributed by atoms with Crippen LogP contribution in [-0.2, 0) is 27.3 Å². The lowest BCUT2D eigenvalue weighted by atomic mass is 10.1. The fourth-order valence-electron chi connectivity index (χ4n) is 3.00. The van der Waals surface area contributed by atoms with Gasteiger partial charge in [0, 0.05) is 5.75 Å². The lowest BCUT2D eigenvalue weighted by Gasteiger charge is -2.24. The quantitative estimate of drug-likeness (QED) is 0.103. The number of alkyl halides is 2. The first-order chi connectivity index (χ1) is 16.9. The van der Waals surface area contributed by atoms with E-state index < -0.39 is 59.6 Å². The van der Waals surface area contributed by atoms with Gasteiger partial charge < -0.3 is 40.3 Å². The standard InChI is InChI=1S/C14H22F2N5O12P3S/c1-2-3-37-13-19-10(17)7-11(20-13)21(5-18-7)12-9(23)8(22)6(32-12)4-31-36(29,30)33-35(27,28)14(15,16)34(24,25)26/h5-6,8-9,12,22-23H,2-4H2,1H3,(H,27,28)(H,29,30)(H2,17,19,20)(H2,24,25,26)/t6-,8-,9-,12-/m1/s1. The van der Waals surface area contributed by atoms with Crippen LogP contribution in [0.2, 0.25) is 0 Å². The molecule has 0 spiro atoms. The zero-order chi connectivity index (χ0) is 28.0. The summed E-state index contributed by atoms with van der Waals surface area (Å²) in [5.74, 6) is 0.693. The molecule has 2 aromatic rings. The Labute approximate surface area is 210 Å². The van der Waals surface area contributed by atoms with Gasteiger partial charge in [0.25, 0.3) is 0 Å². The number of halogens is 2. The molecular weight excluding hydrogens is 593 g/mol. The fraction of sp³-hybridized carbons (Fsp3) is 0.643. The van der Waals surface area contributed by atoms with E-state index in [0.717, 1.165) is 6.42 Å². The van der Waals surface area contributed by atoms with Gasteiger partial charge in [0.2, 0.25) is 0 Å². The summed E-state index contributed by atoms with van der Waals surface area (Å²) in [6.07, 6.45) is -4.59. The van der Waals surface area contributed by atoms with Gasteiger partial charge in [-0.25, -0.2) is 23.8 Å². The molecule has 2 unspecified atom stereocenters. The molecule has 0 saturated carbocycles. The molecule has 3 heterocycles. The van der Waals surface area contributed by atoms with E-state index in [2.05, 4.69) is 23.8 Å². The number of aromatic nitrogens is 4. The van der Waals surface area contributed by atoms with Crippen molar-refractivity contribution in [3.63, 3.8) is 0 Å². The summed E-state index contributed by atoms with van der Waals surface area (Å²) in [4.78, 5) is 48.3. The van der Waals surface area contributed by atoms with Crippen molar-refractivity contribution < 1.29 is 65.8 Å². The monoisotopic (exact) mass is 615 g/mol. The number of nitrogens with zero attached hydrogens (tertiary/aromatic N) is 4. The van der Waals surface area contributed by atoms with E-state index in [-0.39, 0.29) is 17.0 Å². The Hall–Kier alpha value is -1.11. The molecule has 210 valence electrons. The number of hydrogen-bond donors (Lipinski definition) is 7. The minimum Gasteiger partial charge on any atom is -0.387 e. The molecule has 0 amide bonds. The molecule has 37 heavy (non-hydrogen) atoms. The number of phosphoric acid groups is 1. The van der Waals surface area contributed by atoms with Crippen LogP contribution in [0.25, 0.3) is 11.2 Å². The van der Waals surface area contributed by atoms with E-state index in [4.69, 9.17) is 20.3 Å². The average Bonchev–Trinajstić information content (AvgIpc) is 3.31. The Morgan fingerprint density at radius 2 is 1.84 bits per heavy atom. The number of thioether (sulfide) groups is 1. The number of aliphatic hydroxyl groups is 2. The number of nitrogens with two attached hydrogens (primary N) is 1.